The number of carbonyl (C=O) groups excluding carboxylic acids is 3. The summed E-state index contributed by atoms with van der Waals surface area (Å²) in [4.78, 5) is 43.8. The Hall–Kier alpha value is -3.19. The van der Waals surface area contributed by atoms with E-state index in [2.05, 4.69) is 10.6 Å². The molecule has 6 N–H and O–H groups in total. The molecule has 0 aliphatic heterocycles. The van der Waals surface area contributed by atoms with Gasteiger partial charge in [0.15, 0.2) is 6.04 Å². The number of aliphatic carboxylic acids is 1. The lowest BCUT2D eigenvalue weighted by Gasteiger charge is -2.19. The minimum Gasteiger partial charge on any atom is -0.475 e. The highest BCUT2D eigenvalue weighted by molar-refractivity contribution is 5.90. The van der Waals surface area contributed by atoms with E-state index in [4.69, 9.17) is 20.4 Å². The highest BCUT2D eigenvalue weighted by Crippen LogP contribution is 2.13. The molecule has 1 aromatic carbocycles. The van der Waals surface area contributed by atoms with Crippen molar-refractivity contribution in [1.82, 2.24) is 10.6 Å². The zero-order valence-electron chi connectivity index (χ0n) is 15.8. The molecule has 0 aliphatic carbocycles. The summed E-state index contributed by atoms with van der Waals surface area (Å²) in [6.07, 6.45) is -5.08. The molecule has 2 unspecified atom stereocenters. The van der Waals surface area contributed by atoms with Crippen molar-refractivity contribution in [3.8, 4) is 0 Å². The number of hydrogen-bond acceptors (Lipinski definition) is 7. The van der Waals surface area contributed by atoms with Crippen molar-refractivity contribution in [3.63, 3.8) is 0 Å². The van der Waals surface area contributed by atoms with E-state index < -0.39 is 48.6 Å². The lowest BCUT2D eigenvalue weighted by Crippen LogP contribution is -2.52. The number of carbonyl (C=O) groups is 4. The zero-order chi connectivity index (χ0) is 23.3. The summed E-state index contributed by atoms with van der Waals surface area (Å²) in [5.74, 6) is -4.64. The Morgan fingerprint density at radius 1 is 1.13 bits per heavy atom. The first kappa shape index (κ1) is 26.8. The van der Waals surface area contributed by atoms with Gasteiger partial charge in [-0.3, -0.25) is 9.59 Å². The molecule has 2 amide bonds. The Bertz CT molecular complexity index is 714. The molecule has 0 saturated heterocycles. The van der Waals surface area contributed by atoms with Gasteiger partial charge in [0.05, 0.1) is 13.2 Å². The van der Waals surface area contributed by atoms with Crippen molar-refractivity contribution >= 4 is 23.8 Å². The average molecular weight is 437 g/mol. The molecule has 0 saturated carbocycles. The SMILES string of the molecule is CC(NC(=O)CN)C(=O)NC(CO)C(=O)OCc1ccccc1.O=C(O)C(F)(F)F. The van der Waals surface area contributed by atoms with Gasteiger partial charge in [-0.15, -0.1) is 0 Å². The minimum atomic E-state index is -5.08. The number of amides is 2. The van der Waals surface area contributed by atoms with Crippen LogP contribution in [0.5, 0.6) is 0 Å². The van der Waals surface area contributed by atoms with Crippen molar-refractivity contribution in [2.24, 2.45) is 5.73 Å². The normalized spacial score (nSPS) is 12.5. The molecule has 1 aromatic rings. The summed E-state index contributed by atoms with van der Waals surface area (Å²) in [7, 11) is 0. The molecule has 0 bridgehead atoms. The Balaban J connectivity index is 0.00000103. The van der Waals surface area contributed by atoms with Crippen LogP contribution in [0, 0.1) is 0 Å². The summed E-state index contributed by atoms with van der Waals surface area (Å²) in [5, 5.41) is 21.0. The number of nitrogens with one attached hydrogen (secondary N) is 2. The fraction of sp³-hybridized carbons (Fsp3) is 0.412. The number of ether oxygens (including phenoxy) is 1. The molecule has 30 heavy (non-hydrogen) atoms. The molecule has 0 fully saturated rings. The Kier molecular flexibility index (Phi) is 11.7. The van der Waals surface area contributed by atoms with E-state index in [-0.39, 0.29) is 13.2 Å². The van der Waals surface area contributed by atoms with E-state index in [1.165, 1.54) is 6.92 Å². The first-order valence-corrected chi connectivity index (χ1v) is 8.33. The third kappa shape index (κ3) is 11.0. The highest BCUT2D eigenvalue weighted by Gasteiger charge is 2.38. The molecule has 0 radical (unpaired) electrons. The van der Waals surface area contributed by atoms with E-state index in [0.29, 0.717) is 0 Å². The van der Waals surface area contributed by atoms with Gasteiger partial charge in [-0.1, -0.05) is 30.3 Å². The summed E-state index contributed by atoms with van der Waals surface area (Å²) in [6.45, 7) is 0.606. The van der Waals surface area contributed by atoms with E-state index in [1.807, 2.05) is 6.07 Å². The van der Waals surface area contributed by atoms with Gasteiger partial charge in [-0.25, -0.2) is 9.59 Å². The topological polar surface area (TPSA) is 168 Å². The van der Waals surface area contributed by atoms with Gasteiger partial charge in [-0.2, -0.15) is 13.2 Å². The predicted molar refractivity (Wildman–Crippen MR) is 95.6 cm³/mol. The summed E-state index contributed by atoms with van der Waals surface area (Å²) in [5.41, 5.74) is 5.92. The third-order valence-corrected chi connectivity index (χ3v) is 3.21. The highest BCUT2D eigenvalue weighted by atomic mass is 19.4. The fourth-order valence-electron chi connectivity index (χ4n) is 1.67. The zero-order valence-corrected chi connectivity index (χ0v) is 15.8. The van der Waals surface area contributed by atoms with Gasteiger partial charge in [0.2, 0.25) is 11.8 Å². The summed E-state index contributed by atoms with van der Waals surface area (Å²) < 4.78 is 36.8. The minimum absolute atomic E-state index is 0.0332. The van der Waals surface area contributed by atoms with Crippen molar-refractivity contribution in [3.05, 3.63) is 35.9 Å². The number of alkyl halides is 3. The van der Waals surface area contributed by atoms with Gasteiger partial charge in [0.1, 0.15) is 12.6 Å². The standard InChI is InChI=1S/C15H21N3O5.C2HF3O2/c1-10(17-13(20)7-16)14(21)18-12(8-19)15(22)23-9-11-5-3-2-4-6-11;3-2(4,5)1(6)7/h2-6,10,12,19H,7-9,16H2,1H3,(H,17,20)(H,18,21);(H,6,7). The number of esters is 1. The third-order valence-electron chi connectivity index (χ3n) is 3.21. The van der Waals surface area contributed by atoms with Gasteiger partial charge in [0.25, 0.3) is 0 Å². The second-order valence-electron chi connectivity index (χ2n) is 5.63. The maximum atomic E-state index is 11.9. The van der Waals surface area contributed by atoms with Crippen LogP contribution in [0.1, 0.15) is 12.5 Å². The Morgan fingerprint density at radius 2 is 1.67 bits per heavy atom. The van der Waals surface area contributed by atoms with Crippen LogP contribution in [-0.4, -0.2) is 65.4 Å². The summed E-state index contributed by atoms with van der Waals surface area (Å²) >= 11 is 0. The number of hydrogen-bond donors (Lipinski definition) is 5. The Labute approximate surface area is 169 Å². The smallest absolute Gasteiger partial charge is 0.475 e. The van der Waals surface area contributed by atoms with Crippen LogP contribution in [0.15, 0.2) is 30.3 Å². The summed E-state index contributed by atoms with van der Waals surface area (Å²) in [6, 6.07) is 6.91. The van der Waals surface area contributed by atoms with E-state index in [9.17, 15) is 32.7 Å². The molecule has 10 nitrogen and oxygen atoms in total. The van der Waals surface area contributed by atoms with Crippen molar-refractivity contribution in [1.29, 1.82) is 0 Å². The molecular weight excluding hydrogens is 415 g/mol. The molecule has 0 aromatic heterocycles. The molecule has 1 rings (SSSR count). The number of aliphatic hydroxyl groups excluding tert-OH is 1. The quantitative estimate of drug-likeness (QED) is 0.333. The largest absolute Gasteiger partial charge is 0.490 e. The van der Waals surface area contributed by atoms with Crippen LogP contribution in [0.4, 0.5) is 13.2 Å². The van der Waals surface area contributed by atoms with Crippen LogP contribution in [0.2, 0.25) is 0 Å². The number of nitrogens with two attached hydrogens (primary N) is 1. The van der Waals surface area contributed by atoms with Crippen molar-refractivity contribution in [2.45, 2.75) is 31.8 Å². The predicted octanol–water partition coefficient (Wildman–Crippen LogP) is -0.696. The monoisotopic (exact) mass is 437 g/mol. The molecular formula is C17H22F3N3O7. The number of carboxylic acids is 1. The van der Waals surface area contributed by atoms with Crippen LogP contribution >= 0.6 is 0 Å². The molecule has 0 spiro atoms. The van der Waals surface area contributed by atoms with Gasteiger partial charge >= 0.3 is 18.1 Å². The lowest BCUT2D eigenvalue weighted by atomic mass is 10.2. The number of benzene rings is 1. The molecule has 2 atom stereocenters. The van der Waals surface area contributed by atoms with Crippen molar-refractivity contribution < 1.29 is 47.3 Å². The molecule has 13 heteroatoms. The van der Waals surface area contributed by atoms with E-state index in [0.717, 1.165) is 5.56 Å². The lowest BCUT2D eigenvalue weighted by molar-refractivity contribution is -0.192. The number of aliphatic hydroxyl groups is 1. The van der Waals surface area contributed by atoms with Crippen LogP contribution in [-0.2, 0) is 30.5 Å². The second kappa shape index (κ2) is 13.1. The fourth-order valence-corrected chi connectivity index (χ4v) is 1.67. The Morgan fingerprint density at radius 3 is 2.10 bits per heavy atom. The number of rotatable bonds is 8. The number of carboxylic acid groups (broad SMARTS) is 1. The van der Waals surface area contributed by atoms with E-state index in [1.54, 1.807) is 24.3 Å². The van der Waals surface area contributed by atoms with Crippen LogP contribution in [0.25, 0.3) is 0 Å². The van der Waals surface area contributed by atoms with E-state index >= 15 is 0 Å². The van der Waals surface area contributed by atoms with Crippen LogP contribution in [0.3, 0.4) is 0 Å². The molecule has 0 aliphatic rings. The first-order valence-electron chi connectivity index (χ1n) is 8.33. The van der Waals surface area contributed by atoms with Gasteiger partial charge in [0, 0.05) is 0 Å². The maximum absolute atomic E-state index is 11.9. The maximum Gasteiger partial charge on any atom is 0.490 e. The van der Waals surface area contributed by atoms with Crippen molar-refractivity contribution in [2.75, 3.05) is 13.2 Å². The molecule has 168 valence electrons. The van der Waals surface area contributed by atoms with Crippen LogP contribution < -0.4 is 16.4 Å². The molecule has 0 heterocycles. The second-order valence-corrected chi connectivity index (χ2v) is 5.63. The average Bonchev–Trinajstić information content (AvgIpc) is 2.70. The van der Waals surface area contributed by atoms with Gasteiger partial charge in [-0.05, 0) is 12.5 Å². The van der Waals surface area contributed by atoms with Gasteiger partial charge < -0.3 is 31.3 Å². The number of halogens is 3. The first-order chi connectivity index (χ1) is 13.9.